The third kappa shape index (κ3) is 4.17. The summed E-state index contributed by atoms with van der Waals surface area (Å²) in [5, 5.41) is 15.7. The van der Waals surface area contributed by atoms with Gasteiger partial charge in [0.1, 0.15) is 5.82 Å². The lowest BCUT2D eigenvalue weighted by molar-refractivity contribution is -0.387. The summed E-state index contributed by atoms with van der Waals surface area (Å²) in [5.41, 5.74) is 1.62. The van der Waals surface area contributed by atoms with Crippen LogP contribution in [0.3, 0.4) is 0 Å². The van der Waals surface area contributed by atoms with Crippen molar-refractivity contribution in [2.24, 2.45) is 0 Å². The van der Waals surface area contributed by atoms with Gasteiger partial charge in [-0.25, -0.2) is 17.5 Å². The number of carbonyl (C=O) groups is 1. The Morgan fingerprint density at radius 1 is 1.03 bits per heavy atom. The molecular formula is C22H22FN5O5S. The maximum absolute atomic E-state index is 13.3. The number of aromatic nitrogens is 2. The molecule has 1 amide bonds. The van der Waals surface area contributed by atoms with Gasteiger partial charge in [-0.2, -0.15) is 9.40 Å². The Morgan fingerprint density at radius 2 is 1.65 bits per heavy atom. The highest BCUT2D eigenvalue weighted by Crippen LogP contribution is 2.27. The van der Waals surface area contributed by atoms with E-state index in [1.807, 2.05) is 0 Å². The van der Waals surface area contributed by atoms with E-state index in [-0.39, 0.29) is 42.8 Å². The van der Waals surface area contributed by atoms with Crippen LogP contribution in [0.1, 0.15) is 21.7 Å². The molecule has 0 atom stereocenters. The molecular weight excluding hydrogens is 465 g/mol. The normalized spacial score (nSPS) is 14.9. The summed E-state index contributed by atoms with van der Waals surface area (Å²) < 4.78 is 42.1. The summed E-state index contributed by atoms with van der Waals surface area (Å²) in [6.45, 7) is 3.70. The molecule has 12 heteroatoms. The first-order valence-corrected chi connectivity index (χ1v) is 11.9. The molecule has 1 aliphatic heterocycles. The minimum Gasteiger partial charge on any atom is -0.336 e. The number of hydrogen-bond acceptors (Lipinski definition) is 6. The first-order valence-electron chi connectivity index (χ1n) is 10.5. The molecule has 2 heterocycles. The minimum absolute atomic E-state index is 0.00428. The van der Waals surface area contributed by atoms with Crippen LogP contribution in [0.5, 0.6) is 0 Å². The number of amides is 1. The Bertz CT molecular complexity index is 1360. The summed E-state index contributed by atoms with van der Waals surface area (Å²) >= 11 is 0. The second-order valence-electron chi connectivity index (χ2n) is 7.86. The topological polar surface area (TPSA) is 119 Å². The van der Waals surface area contributed by atoms with Gasteiger partial charge in [-0.05, 0) is 44.2 Å². The Kier molecular flexibility index (Phi) is 6.19. The van der Waals surface area contributed by atoms with Crippen LogP contribution in [-0.2, 0) is 10.0 Å². The van der Waals surface area contributed by atoms with Crippen molar-refractivity contribution in [2.45, 2.75) is 18.7 Å². The molecule has 3 aromatic rings. The van der Waals surface area contributed by atoms with Gasteiger partial charge in [-0.15, -0.1) is 0 Å². The van der Waals surface area contributed by atoms with Crippen LogP contribution >= 0.6 is 0 Å². The van der Waals surface area contributed by atoms with Gasteiger partial charge in [-0.3, -0.25) is 14.9 Å². The second-order valence-corrected chi connectivity index (χ2v) is 9.76. The molecule has 34 heavy (non-hydrogen) atoms. The number of nitro benzene ring substituents is 1. The van der Waals surface area contributed by atoms with Crippen LogP contribution < -0.4 is 0 Å². The Labute approximate surface area is 195 Å². The fourth-order valence-electron chi connectivity index (χ4n) is 4.04. The minimum atomic E-state index is -4.10. The van der Waals surface area contributed by atoms with Crippen molar-refractivity contribution >= 4 is 21.6 Å². The molecule has 0 N–H and O–H groups in total. The van der Waals surface area contributed by atoms with Gasteiger partial charge < -0.3 is 4.90 Å². The van der Waals surface area contributed by atoms with Crippen LogP contribution in [0.25, 0.3) is 5.69 Å². The van der Waals surface area contributed by atoms with E-state index in [0.29, 0.717) is 22.6 Å². The van der Waals surface area contributed by atoms with E-state index in [0.717, 1.165) is 10.4 Å². The lowest BCUT2D eigenvalue weighted by atomic mass is 10.1. The highest BCUT2D eigenvalue weighted by atomic mass is 32.2. The maximum atomic E-state index is 13.3. The zero-order valence-electron chi connectivity index (χ0n) is 18.5. The summed E-state index contributed by atoms with van der Waals surface area (Å²) in [5.74, 6) is -0.665. The summed E-state index contributed by atoms with van der Waals surface area (Å²) in [4.78, 5) is 25.0. The van der Waals surface area contributed by atoms with Gasteiger partial charge in [0.2, 0.25) is 10.0 Å². The van der Waals surface area contributed by atoms with Gasteiger partial charge in [0.05, 0.1) is 27.6 Å². The number of nitrogens with zero attached hydrogens (tertiary/aromatic N) is 5. The predicted molar refractivity (Wildman–Crippen MR) is 121 cm³/mol. The van der Waals surface area contributed by atoms with Crippen molar-refractivity contribution in [3.05, 3.63) is 81.4 Å². The number of benzene rings is 2. The van der Waals surface area contributed by atoms with E-state index >= 15 is 0 Å². The molecule has 0 aliphatic carbocycles. The summed E-state index contributed by atoms with van der Waals surface area (Å²) in [6.07, 6.45) is 0. The van der Waals surface area contributed by atoms with Gasteiger partial charge in [0.25, 0.3) is 11.6 Å². The molecule has 0 bridgehead atoms. The van der Waals surface area contributed by atoms with Crippen molar-refractivity contribution in [1.82, 2.24) is 19.0 Å². The largest absolute Gasteiger partial charge is 0.336 e. The zero-order valence-corrected chi connectivity index (χ0v) is 19.3. The molecule has 1 aliphatic rings. The fourth-order valence-corrected chi connectivity index (χ4v) is 5.62. The lowest BCUT2D eigenvalue weighted by Gasteiger charge is -2.34. The van der Waals surface area contributed by atoms with Crippen molar-refractivity contribution in [1.29, 1.82) is 0 Å². The molecule has 10 nitrogen and oxygen atoms in total. The number of nitro groups is 1. The average Bonchev–Trinajstić information content (AvgIpc) is 3.12. The molecule has 4 rings (SSSR count). The highest BCUT2D eigenvalue weighted by molar-refractivity contribution is 7.89. The molecule has 0 radical (unpaired) electrons. The van der Waals surface area contributed by atoms with E-state index in [9.17, 15) is 27.7 Å². The Hall–Kier alpha value is -3.64. The van der Waals surface area contributed by atoms with Crippen LogP contribution in [0.15, 0.2) is 53.4 Å². The van der Waals surface area contributed by atoms with Crippen LogP contribution in [-0.4, -0.2) is 64.4 Å². The molecule has 0 unspecified atom stereocenters. The first-order chi connectivity index (χ1) is 16.1. The molecule has 1 fully saturated rings. The molecule has 2 aromatic carbocycles. The highest BCUT2D eigenvalue weighted by Gasteiger charge is 2.35. The fraction of sp³-hybridized carbons (Fsp3) is 0.273. The van der Waals surface area contributed by atoms with E-state index in [2.05, 4.69) is 5.10 Å². The van der Waals surface area contributed by atoms with Gasteiger partial charge >= 0.3 is 0 Å². The van der Waals surface area contributed by atoms with Crippen molar-refractivity contribution < 1.29 is 22.5 Å². The zero-order chi connectivity index (χ0) is 24.6. The number of sulfonamides is 1. The number of carbonyl (C=O) groups excluding carboxylic acids is 1. The monoisotopic (exact) mass is 487 g/mol. The van der Waals surface area contributed by atoms with Crippen molar-refractivity contribution in [3.63, 3.8) is 0 Å². The van der Waals surface area contributed by atoms with E-state index < -0.39 is 20.6 Å². The third-order valence-electron chi connectivity index (χ3n) is 5.78. The molecule has 1 saturated heterocycles. The standard InChI is InChI=1S/C22H22FN5O5S/c1-15-21(16(2)27(24-15)18-9-7-17(23)8-10-18)22(29)25-11-13-26(14-12-25)34(32,33)20-6-4-3-5-19(20)28(30)31/h3-10H,11-14H2,1-2H3. The average molecular weight is 488 g/mol. The Morgan fingerprint density at radius 3 is 2.26 bits per heavy atom. The third-order valence-corrected chi connectivity index (χ3v) is 7.73. The van der Waals surface area contributed by atoms with Crippen molar-refractivity contribution in [3.8, 4) is 5.69 Å². The number of aryl methyl sites for hydroxylation is 1. The molecule has 1 aromatic heterocycles. The van der Waals surface area contributed by atoms with Gasteiger partial charge in [0, 0.05) is 32.2 Å². The van der Waals surface area contributed by atoms with E-state index in [4.69, 9.17) is 0 Å². The maximum Gasteiger partial charge on any atom is 0.289 e. The molecule has 0 spiro atoms. The predicted octanol–water partition coefficient (Wildman–Crippen LogP) is 2.68. The van der Waals surface area contributed by atoms with Crippen LogP contribution in [0, 0.1) is 29.8 Å². The number of rotatable bonds is 5. The summed E-state index contributed by atoms with van der Waals surface area (Å²) in [7, 11) is -4.10. The van der Waals surface area contributed by atoms with Crippen LogP contribution in [0.4, 0.5) is 10.1 Å². The number of hydrogen-bond donors (Lipinski definition) is 0. The van der Waals surface area contributed by atoms with E-state index in [1.54, 1.807) is 30.7 Å². The molecule has 0 saturated carbocycles. The van der Waals surface area contributed by atoms with Crippen molar-refractivity contribution in [2.75, 3.05) is 26.2 Å². The first kappa shape index (κ1) is 23.5. The smallest absolute Gasteiger partial charge is 0.289 e. The second kappa shape index (κ2) is 8.95. The number of para-hydroxylation sites is 1. The Balaban J connectivity index is 1.53. The van der Waals surface area contributed by atoms with E-state index in [1.165, 1.54) is 35.2 Å². The lowest BCUT2D eigenvalue weighted by Crippen LogP contribution is -2.50. The number of halogens is 1. The summed E-state index contributed by atoms with van der Waals surface area (Å²) in [6, 6.07) is 11.0. The SMILES string of the molecule is Cc1nn(-c2ccc(F)cc2)c(C)c1C(=O)N1CCN(S(=O)(=O)c2ccccc2[N+](=O)[O-])CC1. The van der Waals surface area contributed by atoms with Gasteiger partial charge in [0.15, 0.2) is 4.90 Å². The van der Waals surface area contributed by atoms with Gasteiger partial charge in [-0.1, -0.05) is 12.1 Å². The van der Waals surface area contributed by atoms with Crippen LogP contribution in [0.2, 0.25) is 0 Å². The molecule has 178 valence electrons. The quantitative estimate of drug-likeness (QED) is 0.403. The number of piperazine rings is 1.